The summed E-state index contributed by atoms with van der Waals surface area (Å²) in [7, 11) is 0. The number of alkyl halides is 3. The number of halogens is 5. The van der Waals surface area contributed by atoms with Crippen LogP contribution in [-0.4, -0.2) is 9.78 Å². The van der Waals surface area contributed by atoms with Crippen LogP contribution in [0.4, 0.5) is 19.0 Å². The van der Waals surface area contributed by atoms with Crippen molar-refractivity contribution in [1.82, 2.24) is 9.78 Å². The first kappa shape index (κ1) is 13.0. The number of hydrogen-bond donors (Lipinski definition) is 1. The monoisotopic (exact) mass is 294 g/mol. The maximum Gasteiger partial charge on any atom is 0.416 e. The molecule has 0 aliphatic heterocycles. The van der Waals surface area contributed by atoms with Gasteiger partial charge in [-0.2, -0.15) is 18.3 Å². The molecule has 1 aromatic carbocycles. The highest BCUT2D eigenvalue weighted by Crippen LogP contribution is 2.37. The molecule has 0 atom stereocenters. The Kier molecular flexibility index (Phi) is 3.16. The van der Waals surface area contributed by atoms with E-state index in [0.717, 1.165) is 16.8 Å². The van der Waals surface area contributed by atoms with Gasteiger partial charge in [-0.15, -0.1) is 0 Å². The number of anilines is 1. The second-order valence-electron chi connectivity index (χ2n) is 3.37. The van der Waals surface area contributed by atoms with Gasteiger partial charge in [0.05, 0.1) is 21.8 Å². The number of aromatic nitrogens is 2. The van der Waals surface area contributed by atoms with Gasteiger partial charge in [-0.1, -0.05) is 23.2 Å². The largest absolute Gasteiger partial charge is 0.416 e. The van der Waals surface area contributed by atoms with Crippen molar-refractivity contribution in [1.29, 1.82) is 0 Å². The first-order valence-electron chi connectivity index (χ1n) is 4.58. The van der Waals surface area contributed by atoms with E-state index in [-0.39, 0.29) is 21.6 Å². The maximum absolute atomic E-state index is 12.5. The van der Waals surface area contributed by atoms with E-state index in [0.29, 0.717) is 0 Å². The van der Waals surface area contributed by atoms with E-state index in [2.05, 4.69) is 11.2 Å². The highest BCUT2D eigenvalue weighted by atomic mass is 35.5. The molecule has 0 aliphatic rings. The molecule has 0 aliphatic carbocycles. The molecule has 0 spiro atoms. The van der Waals surface area contributed by atoms with Crippen molar-refractivity contribution in [3.05, 3.63) is 40.0 Å². The molecule has 1 radical (unpaired) electrons. The van der Waals surface area contributed by atoms with Gasteiger partial charge in [0, 0.05) is 6.07 Å². The van der Waals surface area contributed by atoms with Gasteiger partial charge in [0.25, 0.3) is 0 Å². The molecule has 2 N–H and O–H groups in total. The molecule has 0 saturated heterocycles. The zero-order valence-electron chi connectivity index (χ0n) is 8.59. The predicted molar refractivity (Wildman–Crippen MR) is 61.8 cm³/mol. The smallest absolute Gasteiger partial charge is 0.383 e. The highest BCUT2D eigenvalue weighted by molar-refractivity contribution is 6.37. The van der Waals surface area contributed by atoms with E-state index in [4.69, 9.17) is 28.9 Å². The molecule has 1 aromatic heterocycles. The summed E-state index contributed by atoms with van der Waals surface area (Å²) in [6.07, 6.45) is -3.26. The van der Waals surface area contributed by atoms with Crippen LogP contribution in [0.2, 0.25) is 10.0 Å². The van der Waals surface area contributed by atoms with Gasteiger partial charge in [0.15, 0.2) is 0 Å². The van der Waals surface area contributed by atoms with Crippen molar-refractivity contribution in [2.24, 2.45) is 0 Å². The summed E-state index contributed by atoms with van der Waals surface area (Å²) < 4.78 is 38.7. The molecule has 3 nitrogen and oxygen atoms in total. The molecule has 95 valence electrons. The van der Waals surface area contributed by atoms with E-state index in [1.165, 1.54) is 6.20 Å². The lowest BCUT2D eigenvalue weighted by molar-refractivity contribution is -0.137. The van der Waals surface area contributed by atoms with Crippen molar-refractivity contribution in [2.45, 2.75) is 6.18 Å². The number of nitrogen functional groups attached to an aromatic ring is 1. The van der Waals surface area contributed by atoms with Gasteiger partial charge in [-0.05, 0) is 12.1 Å². The van der Waals surface area contributed by atoms with Crippen LogP contribution in [0.3, 0.4) is 0 Å². The van der Waals surface area contributed by atoms with Crippen LogP contribution in [0.1, 0.15) is 5.56 Å². The lowest BCUT2D eigenvalue weighted by Gasteiger charge is -2.13. The minimum Gasteiger partial charge on any atom is -0.383 e. The zero-order chi connectivity index (χ0) is 13.5. The molecular weight excluding hydrogens is 290 g/mol. The van der Waals surface area contributed by atoms with Gasteiger partial charge in [-0.3, -0.25) is 0 Å². The van der Waals surface area contributed by atoms with Crippen molar-refractivity contribution >= 4 is 29.0 Å². The normalized spacial score (nSPS) is 11.8. The second kappa shape index (κ2) is 4.37. The minimum absolute atomic E-state index is 0.0880. The first-order valence-corrected chi connectivity index (χ1v) is 5.34. The fourth-order valence-corrected chi connectivity index (χ4v) is 2.03. The Bertz CT molecular complexity index is 569. The Morgan fingerprint density at radius 3 is 2.17 bits per heavy atom. The minimum atomic E-state index is -4.52. The number of nitrogens with zero attached hydrogens (tertiary/aromatic N) is 2. The molecule has 0 fully saturated rings. The summed E-state index contributed by atoms with van der Waals surface area (Å²) >= 11 is 11.6. The first-order chi connectivity index (χ1) is 8.30. The van der Waals surface area contributed by atoms with Gasteiger partial charge >= 0.3 is 6.18 Å². The summed E-state index contributed by atoms with van der Waals surface area (Å²) in [6.45, 7) is 0. The van der Waals surface area contributed by atoms with E-state index in [1.807, 2.05) is 0 Å². The van der Waals surface area contributed by atoms with Gasteiger partial charge in [-0.25, -0.2) is 4.68 Å². The molecule has 0 amide bonds. The van der Waals surface area contributed by atoms with Crippen LogP contribution in [0, 0.1) is 6.07 Å². The van der Waals surface area contributed by atoms with Gasteiger partial charge < -0.3 is 5.73 Å². The Morgan fingerprint density at radius 2 is 1.78 bits per heavy atom. The lowest BCUT2D eigenvalue weighted by atomic mass is 10.2. The van der Waals surface area contributed by atoms with Crippen LogP contribution < -0.4 is 5.73 Å². The van der Waals surface area contributed by atoms with Crippen molar-refractivity contribution in [3.63, 3.8) is 0 Å². The van der Waals surface area contributed by atoms with E-state index in [9.17, 15) is 13.2 Å². The third-order valence-corrected chi connectivity index (χ3v) is 2.75. The Labute approximate surface area is 110 Å². The Hall–Kier alpha value is -1.40. The summed E-state index contributed by atoms with van der Waals surface area (Å²) in [5.41, 5.74) is 4.69. The third kappa shape index (κ3) is 2.26. The van der Waals surface area contributed by atoms with E-state index in [1.54, 1.807) is 0 Å². The number of rotatable bonds is 1. The number of benzene rings is 1. The SMILES string of the molecule is Nc1[c]cnn1-c1c(Cl)cc(C(F)(F)F)cc1Cl. The third-order valence-electron chi connectivity index (χ3n) is 2.17. The standard InChI is InChI=1S/C10H5Cl2F3N3/c11-6-3-5(10(13,14)15)4-7(12)9(6)18-8(16)1-2-17-18/h2-4H,16H2. The average Bonchev–Trinajstić information content (AvgIpc) is 2.62. The predicted octanol–water partition coefficient (Wildman–Crippen LogP) is 3.58. The van der Waals surface area contributed by atoms with E-state index >= 15 is 0 Å². The Morgan fingerprint density at radius 1 is 1.22 bits per heavy atom. The van der Waals surface area contributed by atoms with Crippen LogP contribution in [0.25, 0.3) is 5.69 Å². The summed E-state index contributed by atoms with van der Waals surface area (Å²) in [4.78, 5) is 0. The fraction of sp³-hybridized carbons (Fsp3) is 0.100. The molecule has 2 aromatic rings. The summed E-state index contributed by atoms with van der Waals surface area (Å²) in [5, 5.41) is 3.39. The average molecular weight is 295 g/mol. The van der Waals surface area contributed by atoms with E-state index < -0.39 is 11.7 Å². The molecule has 0 saturated carbocycles. The van der Waals surface area contributed by atoms with Crippen LogP contribution in [-0.2, 0) is 6.18 Å². The second-order valence-corrected chi connectivity index (χ2v) is 4.19. The molecule has 1 heterocycles. The molecular formula is C10H5Cl2F3N3. The van der Waals surface area contributed by atoms with Gasteiger partial charge in [0.2, 0.25) is 0 Å². The van der Waals surface area contributed by atoms with Crippen LogP contribution >= 0.6 is 23.2 Å². The fourth-order valence-electron chi connectivity index (χ4n) is 1.39. The maximum atomic E-state index is 12.5. The van der Waals surface area contributed by atoms with Crippen molar-refractivity contribution in [2.75, 3.05) is 5.73 Å². The van der Waals surface area contributed by atoms with Crippen LogP contribution in [0.15, 0.2) is 18.3 Å². The quantitative estimate of drug-likeness (QED) is 0.874. The summed E-state index contributed by atoms with van der Waals surface area (Å²) in [6, 6.07) is 4.09. The highest BCUT2D eigenvalue weighted by Gasteiger charge is 2.32. The number of nitrogens with two attached hydrogens (primary N) is 1. The van der Waals surface area contributed by atoms with Crippen molar-refractivity contribution < 1.29 is 13.2 Å². The molecule has 0 unspecified atom stereocenters. The molecule has 18 heavy (non-hydrogen) atoms. The topological polar surface area (TPSA) is 43.8 Å². The zero-order valence-corrected chi connectivity index (χ0v) is 10.1. The molecule has 2 rings (SSSR count). The van der Waals surface area contributed by atoms with Crippen molar-refractivity contribution in [3.8, 4) is 5.69 Å². The molecule has 8 heteroatoms. The molecule has 0 bridgehead atoms. The lowest BCUT2D eigenvalue weighted by Crippen LogP contribution is -2.08. The van der Waals surface area contributed by atoms with Crippen LogP contribution in [0.5, 0.6) is 0 Å². The summed E-state index contributed by atoms with van der Waals surface area (Å²) in [5.74, 6) is 0.0959. The Balaban J connectivity index is 2.62. The van der Waals surface area contributed by atoms with Gasteiger partial charge in [0.1, 0.15) is 11.5 Å². The number of hydrogen-bond acceptors (Lipinski definition) is 2.